The van der Waals surface area contributed by atoms with Crippen LogP contribution in [-0.4, -0.2) is 63.6 Å². The number of aliphatic hydroxyl groups excluding tert-OH is 4. The maximum absolute atomic E-state index is 10.9. The molecule has 0 aliphatic carbocycles. The molecule has 0 radical (unpaired) electrons. The van der Waals surface area contributed by atoms with Crippen molar-refractivity contribution in [2.45, 2.75) is 37.6 Å². The summed E-state index contributed by atoms with van der Waals surface area (Å²) in [7, 11) is 0. The number of amides is 1. The van der Waals surface area contributed by atoms with Gasteiger partial charge in [-0.25, -0.2) is 0 Å². The zero-order valence-corrected chi connectivity index (χ0v) is 12.0. The Balaban J connectivity index is 2.04. The molecule has 1 aromatic carbocycles. The quantitative estimate of drug-likeness (QED) is 0.414. The molecule has 1 heterocycles. The number of aliphatic hydroxyl groups is 4. The first kappa shape index (κ1) is 16.7. The van der Waals surface area contributed by atoms with E-state index >= 15 is 0 Å². The smallest absolute Gasteiger partial charge is 0.221 e. The minimum absolute atomic E-state index is 0.186. The third-order valence-electron chi connectivity index (χ3n) is 3.41. The summed E-state index contributed by atoms with van der Waals surface area (Å²) in [5.74, 6) is -0.186. The number of rotatable bonds is 4. The fourth-order valence-corrected chi connectivity index (χ4v) is 2.24. The predicted molar refractivity (Wildman–Crippen MR) is 78.1 cm³/mol. The number of carbonyl (C=O) groups is 1. The van der Waals surface area contributed by atoms with Crippen LogP contribution in [0.2, 0.25) is 0 Å². The van der Waals surface area contributed by atoms with Gasteiger partial charge in [0.25, 0.3) is 0 Å². The molecular weight excluding hydrogens is 292 g/mol. The van der Waals surface area contributed by atoms with Crippen LogP contribution >= 0.6 is 0 Å². The number of hydrogen-bond donors (Lipinski definition) is 6. The zero-order chi connectivity index (χ0) is 16.3. The van der Waals surface area contributed by atoms with Gasteiger partial charge in [-0.2, -0.15) is 0 Å². The van der Waals surface area contributed by atoms with Gasteiger partial charge in [-0.15, -0.1) is 0 Å². The lowest BCUT2D eigenvalue weighted by molar-refractivity contribution is -0.221. The van der Waals surface area contributed by atoms with E-state index in [9.17, 15) is 20.1 Å². The summed E-state index contributed by atoms with van der Waals surface area (Å²) in [5.41, 5.74) is 1.20. The topological polar surface area (TPSA) is 131 Å². The first-order chi connectivity index (χ1) is 10.4. The van der Waals surface area contributed by atoms with Crippen molar-refractivity contribution in [1.29, 1.82) is 0 Å². The Labute approximate surface area is 127 Å². The number of carbonyl (C=O) groups excluding carboxylic acids is 1. The van der Waals surface area contributed by atoms with Crippen LogP contribution in [0.25, 0.3) is 0 Å². The van der Waals surface area contributed by atoms with Gasteiger partial charge in [-0.3, -0.25) is 4.79 Å². The molecule has 1 amide bonds. The van der Waals surface area contributed by atoms with Crippen LogP contribution in [0.1, 0.15) is 6.92 Å². The molecular formula is C14H20N2O6. The van der Waals surface area contributed by atoms with E-state index in [1.165, 1.54) is 6.92 Å². The molecule has 0 bridgehead atoms. The summed E-state index contributed by atoms with van der Waals surface area (Å²) in [4.78, 5) is 10.9. The summed E-state index contributed by atoms with van der Waals surface area (Å²) >= 11 is 0. The highest BCUT2D eigenvalue weighted by Crippen LogP contribution is 2.23. The van der Waals surface area contributed by atoms with Gasteiger partial charge in [-0.1, -0.05) is 0 Å². The van der Waals surface area contributed by atoms with E-state index in [0.717, 1.165) is 0 Å². The molecule has 22 heavy (non-hydrogen) atoms. The third kappa shape index (κ3) is 3.73. The van der Waals surface area contributed by atoms with Crippen molar-refractivity contribution < 1.29 is 30.0 Å². The standard InChI is InChI=1S/C14H20N2O6/c1-7(18)15-8-2-4-9(5-3-8)16-14-13(21)12(20)11(19)10(6-17)22-14/h2-5,10-14,16-17,19-21H,6H2,1H3,(H,15,18)/t10-,11-,12+,13+,14+/m1/s1. The van der Waals surface area contributed by atoms with Crippen LogP contribution in [0.4, 0.5) is 11.4 Å². The van der Waals surface area contributed by atoms with E-state index < -0.39 is 37.3 Å². The highest BCUT2D eigenvalue weighted by atomic mass is 16.6. The minimum Gasteiger partial charge on any atom is -0.394 e. The monoisotopic (exact) mass is 312 g/mol. The average Bonchev–Trinajstić information content (AvgIpc) is 2.49. The second-order valence-electron chi connectivity index (χ2n) is 5.15. The molecule has 1 aliphatic heterocycles. The fraction of sp³-hybridized carbons (Fsp3) is 0.500. The van der Waals surface area contributed by atoms with Crippen LogP contribution in [0.3, 0.4) is 0 Å². The van der Waals surface area contributed by atoms with E-state index in [1.807, 2.05) is 0 Å². The van der Waals surface area contributed by atoms with Gasteiger partial charge in [0.1, 0.15) is 24.4 Å². The van der Waals surface area contributed by atoms with Gasteiger partial charge in [0, 0.05) is 18.3 Å². The van der Waals surface area contributed by atoms with Gasteiger partial charge in [0.15, 0.2) is 6.23 Å². The van der Waals surface area contributed by atoms with Gasteiger partial charge in [0.2, 0.25) is 5.91 Å². The highest BCUT2D eigenvalue weighted by Gasteiger charge is 2.43. The Hall–Kier alpha value is -1.71. The summed E-state index contributed by atoms with van der Waals surface area (Å²) in [6, 6.07) is 6.64. The van der Waals surface area contributed by atoms with Crippen molar-refractivity contribution in [3.63, 3.8) is 0 Å². The Morgan fingerprint density at radius 1 is 1.09 bits per heavy atom. The van der Waals surface area contributed by atoms with Gasteiger partial charge in [0.05, 0.1) is 6.61 Å². The summed E-state index contributed by atoms with van der Waals surface area (Å²) < 4.78 is 5.34. The highest BCUT2D eigenvalue weighted by molar-refractivity contribution is 5.88. The number of ether oxygens (including phenoxy) is 1. The van der Waals surface area contributed by atoms with E-state index in [1.54, 1.807) is 24.3 Å². The van der Waals surface area contributed by atoms with Crippen molar-refractivity contribution in [3.05, 3.63) is 24.3 Å². The minimum atomic E-state index is -1.43. The number of benzene rings is 1. The molecule has 5 atom stereocenters. The first-order valence-corrected chi connectivity index (χ1v) is 6.87. The molecule has 2 rings (SSSR count). The Morgan fingerprint density at radius 3 is 2.23 bits per heavy atom. The largest absolute Gasteiger partial charge is 0.394 e. The number of hydrogen-bond acceptors (Lipinski definition) is 7. The lowest BCUT2D eigenvalue weighted by Gasteiger charge is -2.40. The number of nitrogens with one attached hydrogen (secondary N) is 2. The van der Waals surface area contributed by atoms with Crippen LogP contribution in [0.5, 0.6) is 0 Å². The van der Waals surface area contributed by atoms with Gasteiger partial charge < -0.3 is 35.8 Å². The van der Waals surface area contributed by atoms with Crippen LogP contribution in [0, 0.1) is 0 Å². The van der Waals surface area contributed by atoms with Crippen LogP contribution < -0.4 is 10.6 Å². The number of anilines is 2. The van der Waals surface area contributed by atoms with Crippen molar-refractivity contribution in [1.82, 2.24) is 0 Å². The first-order valence-electron chi connectivity index (χ1n) is 6.87. The van der Waals surface area contributed by atoms with Gasteiger partial charge in [-0.05, 0) is 24.3 Å². The molecule has 1 fully saturated rings. The molecule has 1 aliphatic rings. The molecule has 0 aromatic heterocycles. The Kier molecular flexibility index (Phi) is 5.33. The molecule has 6 N–H and O–H groups in total. The normalized spacial score (nSPS) is 31.6. The predicted octanol–water partition coefficient (Wildman–Crippen LogP) is -1.14. The lowest BCUT2D eigenvalue weighted by Crippen LogP contribution is -2.60. The molecule has 0 spiro atoms. The molecule has 0 unspecified atom stereocenters. The molecule has 8 heteroatoms. The van der Waals surface area contributed by atoms with Crippen molar-refractivity contribution in [2.75, 3.05) is 17.2 Å². The van der Waals surface area contributed by atoms with Crippen molar-refractivity contribution >= 4 is 17.3 Å². The third-order valence-corrected chi connectivity index (χ3v) is 3.41. The van der Waals surface area contributed by atoms with E-state index in [2.05, 4.69) is 10.6 Å². The molecule has 1 aromatic rings. The summed E-state index contributed by atoms with van der Waals surface area (Å²) in [6.45, 7) is 0.921. The SMILES string of the molecule is CC(=O)Nc1ccc(N[C@H]2O[C@H](CO)[C@@H](O)[C@H](O)[C@@H]2O)cc1. The van der Waals surface area contributed by atoms with Crippen molar-refractivity contribution in [2.24, 2.45) is 0 Å². The van der Waals surface area contributed by atoms with Crippen molar-refractivity contribution in [3.8, 4) is 0 Å². The second kappa shape index (κ2) is 7.03. The zero-order valence-electron chi connectivity index (χ0n) is 12.0. The Morgan fingerprint density at radius 2 is 1.68 bits per heavy atom. The molecule has 8 nitrogen and oxygen atoms in total. The van der Waals surface area contributed by atoms with E-state index in [0.29, 0.717) is 11.4 Å². The average molecular weight is 312 g/mol. The Bertz CT molecular complexity index is 507. The summed E-state index contributed by atoms with van der Waals surface area (Å²) in [6.07, 6.45) is -6.12. The lowest BCUT2D eigenvalue weighted by atomic mass is 9.98. The van der Waals surface area contributed by atoms with Crippen LogP contribution in [-0.2, 0) is 9.53 Å². The molecule has 1 saturated heterocycles. The van der Waals surface area contributed by atoms with E-state index in [4.69, 9.17) is 9.84 Å². The second-order valence-corrected chi connectivity index (χ2v) is 5.15. The maximum Gasteiger partial charge on any atom is 0.221 e. The molecule has 0 saturated carbocycles. The summed E-state index contributed by atoms with van der Waals surface area (Å²) in [5, 5.41) is 43.9. The fourth-order valence-electron chi connectivity index (χ4n) is 2.24. The molecule has 122 valence electrons. The maximum atomic E-state index is 10.9. The van der Waals surface area contributed by atoms with Crippen LogP contribution in [0.15, 0.2) is 24.3 Å². The van der Waals surface area contributed by atoms with Gasteiger partial charge >= 0.3 is 0 Å². The van der Waals surface area contributed by atoms with E-state index in [-0.39, 0.29) is 5.91 Å².